The molecular weight excluding hydrogens is 414 g/mol. The van der Waals surface area contributed by atoms with Gasteiger partial charge in [-0.15, -0.1) is 0 Å². The number of ether oxygens (including phenoxy) is 2. The second-order valence-electron chi connectivity index (χ2n) is 7.18. The Balaban J connectivity index is 1.62. The number of carbonyl (C=O) groups is 1. The summed E-state index contributed by atoms with van der Waals surface area (Å²) in [6.07, 6.45) is 1.19. The highest BCUT2D eigenvalue weighted by Crippen LogP contribution is 2.26. The van der Waals surface area contributed by atoms with Crippen LogP contribution in [0.5, 0.6) is 17.2 Å². The number of fused-ring (bicyclic) bond motifs is 1. The molecule has 0 fully saturated rings. The molecule has 1 aromatic heterocycles. The van der Waals surface area contributed by atoms with E-state index in [0.29, 0.717) is 5.75 Å². The van der Waals surface area contributed by atoms with Gasteiger partial charge in [-0.2, -0.15) is 0 Å². The van der Waals surface area contributed by atoms with Crippen LogP contribution in [0.25, 0.3) is 11.0 Å². The normalized spacial score (nSPS) is 10.7. The van der Waals surface area contributed by atoms with E-state index in [4.69, 9.17) is 13.9 Å². The van der Waals surface area contributed by atoms with Crippen LogP contribution in [0.2, 0.25) is 0 Å². The third-order valence-electron chi connectivity index (χ3n) is 4.67. The second-order valence-corrected chi connectivity index (χ2v) is 7.18. The predicted molar refractivity (Wildman–Crippen MR) is 117 cm³/mol. The zero-order valence-electron chi connectivity index (χ0n) is 17.2. The summed E-state index contributed by atoms with van der Waals surface area (Å²) in [7, 11) is 0. The third kappa shape index (κ3) is 4.20. The molecule has 32 heavy (non-hydrogen) atoms. The molecule has 4 aromatic rings. The zero-order valence-corrected chi connectivity index (χ0v) is 17.2. The topological polar surface area (TPSA) is 109 Å². The van der Waals surface area contributed by atoms with E-state index in [0.717, 1.165) is 11.1 Å². The van der Waals surface area contributed by atoms with Crippen molar-refractivity contribution in [1.29, 1.82) is 0 Å². The minimum Gasteiger partial charge on any atom is -0.460 e. The van der Waals surface area contributed by atoms with Crippen molar-refractivity contribution in [2.24, 2.45) is 0 Å². The molecule has 0 saturated heterocycles. The van der Waals surface area contributed by atoms with Crippen LogP contribution in [0.15, 0.2) is 76.1 Å². The van der Waals surface area contributed by atoms with E-state index < -0.39 is 10.9 Å². The molecule has 0 saturated carbocycles. The third-order valence-corrected chi connectivity index (χ3v) is 4.67. The average molecular weight is 431 g/mol. The van der Waals surface area contributed by atoms with Gasteiger partial charge in [0.2, 0.25) is 11.2 Å². The molecule has 0 aliphatic heterocycles. The lowest BCUT2D eigenvalue weighted by molar-refractivity contribution is -0.385. The summed E-state index contributed by atoms with van der Waals surface area (Å²) in [5.41, 5.74) is 1.23. The second kappa shape index (κ2) is 8.35. The Morgan fingerprint density at radius 3 is 2.41 bits per heavy atom. The van der Waals surface area contributed by atoms with E-state index in [1.165, 1.54) is 48.7 Å². The number of rotatable bonds is 5. The van der Waals surface area contributed by atoms with E-state index in [9.17, 15) is 19.7 Å². The molecule has 4 rings (SSSR count). The maximum Gasteiger partial charge on any atom is 0.350 e. The first-order valence-corrected chi connectivity index (χ1v) is 9.59. The number of benzene rings is 3. The number of aryl methyl sites for hydroxylation is 2. The summed E-state index contributed by atoms with van der Waals surface area (Å²) in [5.74, 6) is -0.281. The maximum atomic E-state index is 12.8. The van der Waals surface area contributed by atoms with Crippen molar-refractivity contribution in [1.82, 2.24) is 0 Å². The molecule has 0 amide bonds. The van der Waals surface area contributed by atoms with Crippen molar-refractivity contribution >= 4 is 22.6 Å². The minimum absolute atomic E-state index is 0.0205. The number of hydrogen-bond donors (Lipinski definition) is 0. The molecule has 0 unspecified atom stereocenters. The van der Waals surface area contributed by atoms with Crippen LogP contribution in [-0.4, -0.2) is 10.9 Å². The summed E-state index contributed by atoms with van der Waals surface area (Å²) >= 11 is 0. The largest absolute Gasteiger partial charge is 0.460 e. The van der Waals surface area contributed by atoms with Gasteiger partial charge in [0.05, 0.1) is 10.3 Å². The lowest BCUT2D eigenvalue weighted by Crippen LogP contribution is -2.11. The highest BCUT2D eigenvalue weighted by molar-refractivity contribution is 5.95. The quantitative estimate of drug-likeness (QED) is 0.182. The van der Waals surface area contributed by atoms with Gasteiger partial charge in [0.15, 0.2) is 0 Å². The van der Waals surface area contributed by atoms with Gasteiger partial charge >= 0.3 is 5.97 Å². The molecular formula is C24H17NO7. The summed E-state index contributed by atoms with van der Waals surface area (Å²) in [5, 5.41) is 11.4. The Hall–Kier alpha value is -4.46. The van der Waals surface area contributed by atoms with Crippen LogP contribution >= 0.6 is 0 Å². The molecule has 0 aliphatic carbocycles. The van der Waals surface area contributed by atoms with Crippen LogP contribution < -0.4 is 14.9 Å². The summed E-state index contributed by atoms with van der Waals surface area (Å²) < 4.78 is 16.5. The maximum absolute atomic E-state index is 12.8. The first-order chi connectivity index (χ1) is 15.3. The molecule has 160 valence electrons. The SMILES string of the molecule is Cc1cc(C)cc(Oc2coc3cc(OC(=O)c4ccccc4[N+](=O)[O-])ccc3c2=O)c1. The molecule has 8 nitrogen and oxygen atoms in total. The molecule has 3 aromatic carbocycles. The van der Waals surface area contributed by atoms with Gasteiger partial charge < -0.3 is 13.9 Å². The standard InChI is InChI=1S/C24H17NO7/c1-14-9-15(2)11-17(10-14)31-22-13-30-21-12-16(7-8-19(21)23(22)26)32-24(27)18-5-3-4-6-20(18)25(28)29/h3-13H,1-2H3. The van der Waals surface area contributed by atoms with Gasteiger partial charge in [-0.05, 0) is 55.3 Å². The van der Waals surface area contributed by atoms with Gasteiger partial charge in [0.1, 0.15) is 28.9 Å². The van der Waals surface area contributed by atoms with E-state index in [2.05, 4.69) is 0 Å². The number of carbonyl (C=O) groups excluding carboxylic acids is 1. The van der Waals surface area contributed by atoms with Gasteiger partial charge in [-0.3, -0.25) is 14.9 Å². The van der Waals surface area contributed by atoms with Gasteiger partial charge in [-0.25, -0.2) is 4.79 Å². The molecule has 0 radical (unpaired) electrons. The number of nitrogens with zero attached hydrogens (tertiary/aromatic N) is 1. The van der Waals surface area contributed by atoms with E-state index in [1.807, 2.05) is 32.0 Å². The average Bonchev–Trinajstić information content (AvgIpc) is 2.75. The monoisotopic (exact) mass is 431 g/mol. The molecule has 8 heteroatoms. The van der Waals surface area contributed by atoms with Crippen molar-refractivity contribution < 1.29 is 23.6 Å². The fraction of sp³-hybridized carbons (Fsp3) is 0.0833. The minimum atomic E-state index is -0.895. The fourth-order valence-corrected chi connectivity index (χ4v) is 3.31. The summed E-state index contributed by atoms with van der Waals surface area (Å²) in [6.45, 7) is 3.85. The first-order valence-electron chi connectivity index (χ1n) is 9.59. The number of para-hydroxylation sites is 1. The fourth-order valence-electron chi connectivity index (χ4n) is 3.31. The van der Waals surface area contributed by atoms with E-state index in [1.54, 1.807) is 0 Å². The number of nitro groups is 1. The van der Waals surface area contributed by atoms with Crippen molar-refractivity contribution in [3.05, 3.63) is 104 Å². The van der Waals surface area contributed by atoms with Gasteiger partial charge in [0, 0.05) is 12.1 Å². The Labute approximate surface area is 181 Å². The summed E-state index contributed by atoms with van der Waals surface area (Å²) in [6, 6.07) is 15.3. The number of hydrogen-bond acceptors (Lipinski definition) is 7. The lowest BCUT2D eigenvalue weighted by atomic mass is 10.1. The molecule has 0 atom stereocenters. The smallest absolute Gasteiger partial charge is 0.350 e. The Kier molecular flexibility index (Phi) is 5.43. The van der Waals surface area contributed by atoms with Crippen molar-refractivity contribution in [2.75, 3.05) is 0 Å². The summed E-state index contributed by atoms with van der Waals surface area (Å²) in [4.78, 5) is 35.7. The molecule has 0 bridgehead atoms. The van der Waals surface area contributed by atoms with E-state index in [-0.39, 0.29) is 39.1 Å². The zero-order chi connectivity index (χ0) is 22.8. The van der Waals surface area contributed by atoms with Gasteiger partial charge in [0.25, 0.3) is 5.69 Å². The van der Waals surface area contributed by atoms with Gasteiger partial charge in [-0.1, -0.05) is 18.2 Å². The highest BCUT2D eigenvalue weighted by atomic mass is 16.6. The van der Waals surface area contributed by atoms with Crippen molar-refractivity contribution in [3.8, 4) is 17.2 Å². The molecule has 0 spiro atoms. The molecule has 0 N–H and O–H groups in total. The van der Waals surface area contributed by atoms with Crippen molar-refractivity contribution in [3.63, 3.8) is 0 Å². The highest BCUT2D eigenvalue weighted by Gasteiger charge is 2.21. The van der Waals surface area contributed by atoms with Crippen LogP contribution in [0.4, 0.5) is 5.69 Å². The lowest BCUT2D eigenvalue weighted by Gasteiger charge is -2.09. The molecule has 0 aliphatic rings. The first kappa shape index (κ1) is 20.8. The van der Waals surface area contributed by atoms with Crippen molar-refractivity contribution in [2.45, 2.75) is 13.8 Å². The Bertz CT molecular complexity index is 1400. The van der Waals surface area contributed by atoms with Crippen LogP contribution in [-0.2, 0) is 0 Å². The molecule has 1 heterocycles. The number of nitro benzene ring substituents is 1. The predicted octanol–water partition coefficient (Wildman–Crippen LogP) is 5.33. The van der Waals surface area contributed by atoms with Crippen LogP contribution in [0.3, 0.4) is 0 Å². The van der Waals surface area contributed by atoms with Crippen LogP contribution in [0.1, 0.15) is 21.5 Å². The van der Waals surface area contributed by atoms with E-state index >= 15 is 0 Å². The Morgan fingerprint density at radius 1 is 0.969 bits per heavy atom. The number of esters is 1. The van der Waals surface area contributed by atoms with Crippen LogP contribution in [0, 0.1) is 24.0 Å². The Morgan fingerprint density at radius 2 is 1.69 bits per heavy atom.